The van der Waals surface area contributed by atoms with E-state index in [-0.39, 0.29) is 5.56 Å². The van der Waals surface area contributed by atoms with Crippen LogP contribution in [0.1, 0.15) is 17.4 Å². The summed E-state index contributed by atoms with van der Waals surface area (Å²) < 4.78 is 38.2. The van der Waals surface area contributed by atoms with Gasteiger partial charge in [-0.1, -0.05) is 0 Å². The zero-order chi connectivity index (χ0) is 11.9. The Morgan fingerprint density at radius 3 is 2.27 bits per heavy atom. The topological polar surface area (TPSA) is 46.2 Å². The highest BCUT2D eigenvalue weighted by molar-refractivity contribution is 7.10. The Labute approximate surface area is 89.5 Å². The van der Waals surface area contributed by atoms with Crippen LogP contribution in [0.3, 0.4) is 0 Å². The van der Waals surface area contributed by atoms with Crippen molar-refractivity contribution in [2.24, 2.45) is 5.73 Å². The van der Waals surface area contributed by atoms with Gasteiger partial charge in [-0.25, -0.2) is 0 Å². The number of hydrogen-bond donors (Lipinski definition) is 2. The van der Waals surface area contributed by atoms with E-state index in [1.165, 1.54) is 11.4 Å². The van der Waals surface area contributed by atoms with Crippen molar-refractivity contribution in [1.82, 2.24) is 0 Å². The van der Waals surface area contributed by atoms with Gasteiger partial charge >= 0.3 is 6.18 Å². The maximum atomic E-state index is 12.7. The second kappa shape index (κ2) is 3.77. The third-order valence-corrected chi connectivity index (χ3v) is 3.12. The standard InChI is InChI=1S/C9H12F3NOS/c1-5-3-7(4-15-5)8(14,6(2)13)9(10,11)12/h3-4,6,14H,13H2,1-2H3. The Morgan fingerprint density at radius 2 is 2.00 bits per heavy atom. The van der Waals surface area contributed by atoms with Crippen molar-refractivity contribution < 1.29 is 18.3 Å². The lowest BCUT2D eigenvalue weighted by Gasteiger charge is -2.33. The number of thiophene rings is 1. The summed E-state index contributed by atoms with van der Waals surface area (Å²) in [6, 6.07) is -0.104. The van der Waals surface area contributed by atoms with Crippen LogP contribution < -0.4 is 5.73 Å². The second-order valence-corrected chi connectivity index (χ2v) is 4.61. The van der Waals surface area contributed by atoms with Crippen molar-refractivity contribution in [1.29, 1.82) is 0 Å². The van der Waals surface area contributed by atoms with Crippen LogP contribution in [0.4, 0.5) is 13.2 Å². The van der Waals surface area contributed by atoms with Crippen LogP contribution in [-0.4, -0.2) is 17.3 Å². The molecule has 2 nitrogen and oxygen atoms in total. The monoisotopic (exact) mass is 239 g/mol. The Bertz CT molecular complexity index is 347. The summed E-state index contributed by atoms with van der Waals surface area (Å²) in [6.45, 7) is 2.81. The van der Waals surface area contributed by atoms with Gasteiger partial charge in [0.2, 0.25) is 5.60 Å². The van der Waals surface area contributed by atoms with Gasteiger partial charge in [0.1, 0.15) is 0 Å². The molecule has 0 fully saturated rings. The predicted molar refractivity (Wildman–Crippen MR) is 52.7 cm³/mol. The van der Waals surface area contributed by atoms with E-state index in [9.17, 15) is 18.3 Å². The summed E-state index contributed by atoms with van der Waals surface area (Å²) in [6.07, 6.45) is -4.77. The molecule has 0 amide bonds. The van der Waals surface area contributed by atoms with Crippen molar-refractivity contribution in [2.45, 2.75) is 31.7 Å². The summed E-state index contributed by atoms with van der Waals surface area (Å²) in [4.78, 5) is 0.702. The second-order valence-electron chi connectivity index (χ2n) is 3.50. The highest BCUT2D eigenvalue weighted by Gasteiger charge is 2.57. The molecule has 2 unspecified atom stereocenters. The molecule has 1 aromatic heterocycles. The van der Waals surface area contributed by atoms with E-state index in [0.29, 0.717) is 4.88 Å². The average Bonchev–Trinajstić information content (AvgIpc) is 2.48. The molecular weight excluding hydrogens is 227 g/mol. The minimum absolute atomic E-state index is 0.187. The maximum Gasteiger partial charge on any atom is 0.423 e. The highest BCUT2D eigenvalue weighted by Crippen LogP contribution is 2.42. The Balaban J connectivity index is 3.25. The lowest BCUT2D eigenvalue weighted by atomic mass is 9.88. The molecule has 0 saturated heterocycles. The Kier molecular flexibility index (Phi) is 3.14. The molecule has 1 heterocycles. The molecule has 0 aliphatic heterocycles. The number of halogens is 3. The minimum Gasteiger partial charge on any atom is -0.375 e. The van der Waals surface area contributed by atoms with Crippen molar-refractivity contribution in [3.63, 3.8) is 0 Å². The van der Waals surface area contributed by atoms with E-state index >= 15 is 0 Å². The van der Waals surface area contributed by atoms with Crippen LogP contribution in [0.5, 0.6) is 0 Å². The van der Waals surface area contributed by atoms with E-state index in [4.69, 9.17) is 5.73 Å². The summed E-state index contributed by atoms with van der Waals surface area (Å²) in [7, 11) is 0. The molecule has 0 aliphatic carbocycles. The molecule has 3 N–H and O–H groups in total. The SMILES string of the molecule is Cc1cc(C(O)(C(C)N)C(F)(F)F)cs1. The van der Waals surface area contributed by atoms with E-state index < -0.39 is 17.8 Å². The Morgan fingerprint density at radius 1 is 1.47 bits per heavy atom. The van der Waals surface area contributed by atoms with Gasteiger partial charge in [0.05, 0.1) is 0 Å². The summed E-state index contributed by atoms with van der Waals surface area (Å²) in [5.41, 5.74) is 2.08. The molecule has 0 radical (unpaired) electrons. The molecule has 1 aromatic rings. The molecule has 1 rings (SSSR count). The number of hydrogen-bond acceptors (Lipinski definition) is 3. The number of alkyl halides is 3. The van der Waals surface area contributed by atoms with Crippen LogP contribution in [0.25, 0.3) is 0 Å². The van der Waals surface area contributed by atoms with Crippen LogP contribution in [-0.2, 0) is 5.60 Å². The van der Waals surface area contributed by atoms with Crippen molar-refractivity contribution >= 4 is 11.3 Å². The average molecular weight is 239 g/mol. The van der Waals surface area contributed by atoms with Gasteiger partial charge in [-0.15, -0.1) is 11.3 Å². The summed E-state index contributed by atoms with van der Waals surface area (Å²) >= 11 is 1.15. The fourth-order valence-corrected chi connectivity index (χ4v) is 2.08. The molecule has 0 spiro atoms. The first-order valence-corrected chi connectivity index (χ1v) is 5.18. The first-order chi connectivity index (χ1) is 6.69. The molecule has 86 valence electrons. The normalized spacial score (nSPS) is 18.6. The van der Waals surface area contributed by atoms with E-state index in [1.54, 1.807) is 6.92 Å². The lowest BCUT2D eigenvalue weighted by Crippen LogP contribution is -2.54. The van der Waals surface area contributed by atoms with Crippen molar-refractivity contribution in [3.8, 4) is 0 Å². The van der Waals surface area contributed by atoms with E-state index in [2.05, 4.69) is 0 Å². The molecule has 0 bridgehead atoms. The fraction of sp³-hybridized carbons (Fsp3) is 0.556. The van der Waals surface area contributed by atoms with Gasteiger partial charge in [-0.05, 0) is 25.3 Å². The molecule has 0 aliphatic rings. The fourth-order valence-electron chi connectivity index (χ4n) is 1.33. The van der Waals surface area contributed by atoms with E-state index in [0.717, 1.165) is 18.3 Å². The predicted octanol–water partition coefficient (Wildman–Crippen LogP) is 2.15. The number of aryl methyl sites for hydroxylation is 1. The van der Waals surface area contributed by atoms with Gasteiger partial charge in [0.15, 0.2) is 0 Å². The van der Waals surface area contributed by atoms with Crippen LogP contribution in [0.2, 0.25) is 0 Å². The number of aliphatic hydroxyl groups is 1. The molecule has 0 aromatic carbocycles. The van der Waals surface area contributed by atoms with Crippen LogP contribution in [0.15, 0.2) is 11.4 Å². The van der Waals surface area contributed by atoms with Gasteiger partial charge in [-0.3, -0.25) is 0 Å². The number of rotatable bonds is 2. The molecular formula is C9H12F3NOS. The summed E-state index contributed by atoms with van der Waals surface area (Å²) in [5.74, 6) is 0. The van der Waals surface area contributed by atoms with Gasteiger partial charge < -0.3 is 10.8 Å². The molecule has 0 saturated carbocycles. The third-order valence-electron chi connectivity index (χ3n) is 2.26. The van der Waals surface area contributed by atoms with E-state index in [1.807, 2.05) is 0 Å². The largest absolute Gasteiger partial charge is 0.423 e. The third kappa shape index (κ3) is 2.02. The Hall–Kier alpha value is -0.590. The molecule has 15 heavy (non-hydrogen) atoms. The van der Waals surface area contributed by atoms with Gasteiger partial charge in [0.25, 0.3) is 0 Å². The highest BCUT2D eigenvalue weighted by atomic mass is 32.1. The maximum absolute atomic E-state index is 12.7. The zero-order valence-electron chi connectivity index (χ0n) is 8.30. The van der Waals surface area contributed by atoms with Crippen molar-refractivity contribution in [3.05, 3.63) is 21.9 Å². The van der Waals surface area contributed by atoms with Gasteiger partial charge in [0, 0.05) is 16.5 Å². The van der Waals surface area contributed by atoms with Crippen LogP contribution >= 0.6 is 11.3 Å². The minimum atomic E-state index is -4.77. The first-order valence-electron chi connectivity index (χ1n) is 4.30. The first kappa shape index (κ1) is 12.5. The molecule has 2 atom stereocenters. The van der Waals surface area contributed by atoms with Gasteiger partial charge in [-0.2, -0.15) is 13.2 Å². The quantitative estimate of drug-likeness (QED) is 0.830. The lowest BCUT2D eigenvalue weighted by molar-refractivity contribution is -0.272. The smallest absolute Gasteiger partial charge is 0.375 e. The van der Waals surface area contributed by atoms with Crippen LogP contribution in [0, 0.1) is 6.92 Å². The molecule has 6 heteroatoms. The summed E-state index contributed by atoms with van der Waals surface area (Å²) in [5, 5.41) is 11.0. The number of nitrogens with two attached hydrogens (primary N) is 1. The zero-order valence-corrected chi connectivity index (χ0v) is 9.12. The van der Waals surface area contributed by atoms with Crippen molar-refractivity contribution in [2.75, 3.05) is 0 Å².